The Morgan fingerprint density at radius 1 is 1.57 bits per heavy atom. The van der Waals surface area contributed by atoms with Crippen molar-refractivity contribution in [3.63, 3.8) is 0 Å². The van der Waals surface area contributed by atoms with E-state index < -0.39 is 0 Å². The number of thiazole rings is 1. The lowest BCUT2D eigenvalue weighted by Crippen LogP contribution is -2.07. The second kappa shape index (κ2) is 4.10. The molecular formula is C11H14N2S. The smallest absolute Gasteiger partial charge is 0.0961 e. The van der Waals surface area contributed by atoms with Gasteiger partial charge in [0, 0.05) is 17.2 Å². The number of rotatable bonds is 3. The summed E-state index contributed by atoms with van der Waals surface area (Å²) in [7, 11) is 0. The van der Waals surface area contributed by atoms with Crippen LogP contribution in [-0.4, -0.2) is 4.98 Å². The van der Waals surface area contributed by atoms with Gasteiger partial charge in [-0.15, -0.1) is 11.3 Å². The van der Waals surface area contributed by atoms with Crippen LogP contribution in [0.1, 0.15) is 47.2 Å². The highest BCUT2D eigenvalue weighted by Gasteiger charge is 2.23. The standard InChI is InChI=1S/C11H14N2S/c1-8-10(6-3-7-12)14-11(13-8)9-4-2-5-9/h9H,2-6H2,1H3. The molecule has 1 aromatic rings. The molecule has 0 atom stereocenters. The van der Waals surface area contributed by atoms with Crippen molar-refractivity contribution in [3.05, 3.63) is 15.6 Å². The number of hydrogen-bond donors (Lipinski definition) is 0. The molecule has 0 bridgehead atoms. The van der Waals surface area contributed by atoms with Crippen LogP contribution in [0, 0.1) is 18.3 Å². The topological polar surface area (TPSA) is 36.7 Å². The molecule has 14 heavy (non-hydrogen) atoms. The van der Waals surface area contributed by atoms with Crippen molar-refractivity contribution in [1.82, 2.24) is 4.98 Å². The van der Waals surface area contributed by atoms with Crippen molar-refractivity contribution in [2.45, 2.75) is 44.9 Å². The maximum absolute atomic E-state index is 8.53. The third-order valence-corrected chi connectivity index (χ3v) is 4.21. The molecule has 0 aliphatic heterocycles. The van der Waals surface area contributed by atoms with Gasteiger partial charge in [0.05, 0.1) is 16.8 Å². The summed E-state index contributed by atoms with van der Waals surface area (Å²) in [6.07, 6.45) is 5.48. The van der Waals surface area contributed by atoms with Gasteiger partial charge in [-0.3, -0.25) is 0 Å². The van der Waals surface area contributed by atoms with Crippen molar-refractivity contribution < 1.29 is 0 Å². The number of hydrogen-bond acceptors (Lipinski definition) is 3. The molecule has 0 unspecified atom stereocenters. The van der Waals surface area contributed by atoms with E-state index in [1.807, 2.05) is 11.3 Å². The van der Waals surface area contributed by atoms with E-state index in [4.69, 9.17) is 5.26 Å². The summed E-state index contributed by atoms with van der Waals surface area (Å²) in [6, 6.07) is 2.19. The van der Waals surface area contributed by atoms with E-state index in [-0.39, 0.29) is 0 Å². The van der Waals surface area contributed by atoms with Crippen LogP contribution >= 0.6 is 11.3 Å². The molecule has 1 aliphatic carbocycles. The van der Waals surface area contributed by atoms with E-state index in [2.05, 4.69) is 18.0 Å². The highest BCUT2D eigenvalue weighted by molar-refractivity contribution is 7.11. The fourth-order valence-corrected chi connectivity index (χ4v) is 2.92. The van der Waals surface area contributed by atoms with Gasteiger partial charge in [0.2, 0.25) is 0 Å². The number of aromatic nitrogens is 1. The predicted octanol–water partition coefficient (Wildman–Crippen LogP) is 3.18. The Hall–Kier alpha value is -0.880. The molecule has 0 radical (unpaired) electrons. The first-order valence-corrected chi connectivity index (χ1v) is 5.96. The van der Waals surface area contributed by atoms with Gasteiger partial charge in [-0.2, -0.15) is 5.26 Å². The summed E-state index contributed by atoms with van der Waals surface area (Å²) in [5, 5.41) is 9.83. The van der Waals surface area contributed by atoms with Crippen LogP contribution in [0.2, 0.25) is 0 Å². The Bertz CT molecular complexity index is 358. The van der Waals surface area contributed by atoms with Gasteiger partial charge in [-0.25, -0.2) is 4.98 Å². The Labute approximate surface area is 88.6 Å². The van der Waals surface area contributed by atoms with Gasteiger partial charge in [0.1, 0.15) is 0 Å². The molecule has 0 amide bonds. The highest BCUT2D eigenvalue weighted by atomic mass is 32.1. The average molecular weight is 206 g/mol. The van der Waals surface area contributed by atoms with E-state index in [1.54, 1.807) is 0 Å². The highest BCUT2D eigenvalue weighted by Crippen LogP contribution is 2.39. The fraction of sp³-hybridized carbons (Fsp3) is 0.636. The van der Waals surface area contributed by atoms with Crippen LogP contribution in [0.15, 0.2) is 0 Å². The second-order valence-corrected chi connectivity index (χ2v) is 4.96. The van der Waals surface area contributed by atoms with Crippen LogP contribution in [0.5, 0.6) is 0 Å². The number of nitrogens with zero attached hydrogens (tertiary/aromatic N) is 2. The molecule has 2 nitrogen and oxygen atoms in total. The Kier molecular flexibility index (Phi) is 2.83. The minimum Gasteiger partial charge on any atom is -0.246 e. The van der Waals surface area contributed by atoms with E-state index in [9.17, 15) is 0 Å². The van der Waals surface area contributed by atoms with Crippen LogP contribution in [0.4, 0.5) is 0 Å². The third-order valence-electron chi connectivity index (χ3n) is 2.83. The van der Waals surface area contributed by atoms with Crippen molar-refractivity contribution in [2.75, 3.05) is 0 Å². The molecule has 0 saturated heterocycles. The van der Waals surface area contributed by atoms with Gasteiger partial charge in [-0.05, 0) is 26.2 Å². The quantitative estimate of drug-likeness (QED) is 0.761. The van der Waals surface area contributed by atoms with E-state index >= 15 is 0 Å². The van der Waals surface area contributed by atoms with Crippen molar-refractivity contribution in [2.24, 2.45) is 0 Å². The maximum Gasteiger partial charge on any atom is 0.0961 e. The zero-order chi connectivity index (χ0) is 9.97. The molecule has 74 valence electrons. The summed E-state index contributed by atoms with van der Waals surface area (Å²) >= 11 is 1.82. The average Bonchev–Trinajstić information content (AvgIpc) is 2.40. The zero-order valence-corrected chi connectivity index (χ0v) is 9.23. The molecule has 1 aliphatic rings. The Morgan fingerprint density at radius 2 is 2.36 bits per heavy atom. The van der Waals surface area contributed by atoms with Crippen LogP contribution in [0.3, 0.4) is 0 Å². The number of nitriles is 1. The van der Waals surface area contributed by atoms with Crippen LogP contribution in [0.25, 0.3) is 0 Å². The van der Waals surface area contributed by atoms with Gasteiger partial charge in [0.15, 0.2) is 0 Å². The molecule has 0 aromatic carbocycles. The van der Waals surface area contributed by atoms with E-state index in [0.29, 0.717) is 6.42 Å². The molecule has 0 N–H and O–H groups in total. The Balaban J connectivity index is 2.09. The second-order valence-electron chi connectivity index (χ2n) is 3.85. The molecule has 1 aromatic heterocycles. The minimum absolute atomic E-state index is 0.618. The van der Waals surface area contributed by atoms with Gasteiger partial charge >= 0.3 is 0 Å². The first-order valence-electron chi connectivity index (χ1n) is 5.14. The van der Waals surface area contributed by atoms with Gasteiger partial charge < -0.3 is 0 Å². The van der Waals surface area contributed by atoms with Crippen LogP contribution < -0.4 is 0 Å². The molecule has 2 rings (SSSR count). The van der Waals surface area contributed by atoms with Gasteiger partial charge in [0.25, 0.3) is 0 Å². The van der Waals surface area contributed by atoms with Crippen molar-refractivity contribution in [1.29, 1.82) is 5.26 Å². The van der Waals surface area contributed by atoms with Gasteiger partial charge in [-0.1, -0.05) is 6.42 Å². The molecule has 1 saturated carbocycles. The number of aryl methyl sites for hydroxylation is 2. The summed E-state index contributed by atoms with van der Waals surface area (Å²) in [6.45, 7) is 2.06. The zero-order valence-electron chi connectivity index (χ0n) is 8.42. The predicted molar refractivity (Wildman–Crippen MR) is 57.4 cm³/mol. The monoisotopic (exact) mass is 206 g/mol. The summed E-state index contributed by atoms with van der Waals surface area (Å²) in [5.41, 5.74) is 1.15. The molecule has 1 heterocycles. The molecule has 0 spiro atoms. The van der Waals surface area contributed by atoms with Crippen LogP contribution in [-0.2, 0) is 6.42 Å². The fourth-order valence-electron chi connectivity index (χ4n) is 1.68. The molecular weight excluding hydrogens is 192 g/mol. The summed E-state index contributed by atoms with van der Waals surface area (Å²) in [5.74, 6) is 0.731. The lowest BCUT2D eigenvalue weighted by Gasteiger charge is -2.22. The van der Waals surface area contributed by atoms with Crippen molar-refractivity contribution in [3.8, 4) is 6.07 Å². The maximum atomic E-state index is 8.53. The van der Waals surface area contributed by atoms with E-state index in [1.165, 1.54) is 29.1 Å². The van der Waals surface area contributed by atoms with E-state index in [0.717, 1.165) is 18.0 Å². The lowest BCUT2D eigenvalue weighted by atomic mass is 9.86. The SMILES string of the molecule is Cc1nc(C2CCC2)sc1CCC#N. The molecule has 3 heteroatoms. The first kappa shape index (κ1) is 9.67. The molecule has 1 fully saturated rings. The third kappa shape index (κ3) is 1.80. The largest absolute Gasteiger partial charge is 0.246 e. The van der Waals surface area contributed by atoms with Crippen molar-refractivity contribution >= 4 is 11.3 Å². The summed E-state index contributed by atoms with van der Waals surface area (Å²) in [4.78, 5) is 5.91. The first-order chi connectivity index (χ1) is 6.81. The lowest BCUT2D eigenvalue weighted by molar-refractivity contribution is 0.418. The normalized spacial score (nSPS) is 16.3. The minimum atomic E-state index is 0.618. The summed E-state index contributed by atoms with van der Waals surface area (Å²) < 4.78 is 0. The Morgan fingerprint density at radius 3 is 2.93 bits per heavy atom.